The Morgan fingerprint density at radius 3 is 2.52 bits per heavy atom. The second-order valence-electron chi connectivity index (χ2n) is 13.9. The molecule has 44 heavy (non-hydrogen) atoms. The van der Waals surface area contributed by atoms with Crippen molar-refractivity contribution in [2.24, 2.45) is 22.7 Å². The van der Waals surface area contributed by atoms with E-state index >= 15 is 0 Å². The monoisotopic (exact) mass is 618 g/mol. The molecule has 242 valence electrons. The molecule has 1 aliphatic heterocycles. The van der Waals surface area contributed by atoms with E-state index in [1.54, 1.807) is 19.9 Å². The summed E-state index contributed by atoms with van der Waals surface area (Å²) in [5.74, 6) is -3.29. The molecule has 5 aliphatic rings. The number of aliphatic hydroxyl groups is 4. The minimum absolute atomic E-state index is 0.0252. The Morgan fingerprint density at radius 2 is 1.84 bits per heavy atom. The third-order valence-corrected chi connectivity index (χ3v) is 11.9. The van der Waals surface area contributed by atoms with Crippen LogP contribution < -0.4 is 5.63 Å². The van der Waals surface area contributed by atoms with Gasteiger partial charge in [0.1, 0.15) is 30.4 Å². The van der Waals surface area contributed by atoms with Gasteiger partial charge in [0.05, 0.1) is 34.2 Å². The molecule has 0 aromatic carbocycles. The van der Waals surface area contributed by atoms with Gasteiger partial charge in [0.15, 0.2) is 12.1 Å². The maximum atomic E-state index is 14.2. The summed E-state index contributed by atoms with van der Waals surface area (Å²) in [7, 11) is 0. The number of aliphatic hydroxyl groups excluding tert-OH is 2. The fourth-order valence-electron chi connectivity index (χ4n) is 9.75. The quantitative estimate of drug-likeness (QED) is 0.209. The van der Waals surface area contributed by atoms with E-state index in [0.29, 0.717) is 12.7 Å². The Hall–Kier alpha value is -2.48. The SMILES string of the molecule is CC(=O)O[C@@H]1C[C@@H](C)O[C@@H](OC2CCC3(C=O)C4C(CCC3(O)C2)C2(O)CCC(c3cccc(=O)o3)C2(C)C(=O)[C@H]4O)[C@H]1O. The van der Waals surface area contributed by atoms with Gasteiger partial charge in [-0.15, -0.1) is 0 Å². The second-order valence-corrected chi connectivity index (χ2v) is 13.9. The Morgan fingerprint density at radius 1 is 1.09 bits per heavy atom. The van der Waals surface area contributed by atoms with Crippen molar-refractivity contribution in [2.45, 2.75) is 126 Å². The van der Waals surface area contributed by atoms with Crippen molar-refractivity contribution >= 4 is 18.0 Å². The van der Waals surface area contributed by atoms with Crippen LogP contribution in [-0.2, 0) is 28.6 Å². The van der Waals surface area contributed by atoms with Crippen molar-refractivity contribution in [1.29, 1.82) is 0 Å². The van der Waals surface area contributed by atoms with Crippen LogP contribution >= 0.6 is 0 Å². The van der Waals surface area contributed by atoms with Gasteiger partial charge in [-0.25, -0.2) is 4.79 Å². The highest BCUT2D eigenvalue weighted by molar-refractivity contribution is 5.93. The van der Waals surface area contributed by atoms with Gasteiger partial charge in [-0.3, -0.25) is 9.59 Å². The van der Waals surface area contributed by atoms with Crippen molar-refractivity contribution in [3.63, 3.8) is 0 Å². The first-order valence-corrected chi connectivity index (χ1v) is 15.6. The molecule has 4 aliphatic carbocycles. The Kier molecular flexibility index (Phi) is 7.74. The predicted octanol–water partition coefficient (Wildman–Crippen LogP) is 1.14. The zero-order valence-corrected chi connectivity index (χ0v) is 25.2. The van der Waals surface area contributed by atoms with Gasteiger partial charge >= 0.3 is 11.6 Å². The van der Waals surface area contributed by atoms with E-state index in [9.17, 15) is 39.6 Å². The molecule has 1 aromatic heterocycles. The Balaban J connectivity index is 1.28. The van der Waals surface area contributed by atoms with E-state index in [2.05, 4.69) is 0 Å². The minimum atomic E-state index is -1.67. The van der Waals surface area contributed by atoms with Crippen LogP contribution in [0.15, 0.2) is 27.4 Å². The first-order valence-electron chi connectivity index (χ1n) is 15.6. The van der Waals surface area contributed by atoms with E-state index < -0.39 is 87.9 Å². The number of hydrogen-bond donors (Lipinski definition) is 4. The normalized spacial score (nSPS) is 48.5. The zero-order valence-electron chi connectivity index (χ0n) is 25.2. The highest BCUT2D eigenvalue weighted by atomic mass is 16.7. The van der Waals surface area contributed by atoms with Crippen LogP contribution in [0.25, 0.3) is 0 Å². The highest BCUT2D eigenvalue weighted by Gasteiger charge is 2.76. The van der Waals surface area contributed by atoms with Gasteiger partial charge in [0.25, 0.3) is 0 Å². The van der Waals surface area contributed by atoms with Crippen LogP contribution in [0.5, 0.6) is 0 Å². The van der Waals surface area contributed by atoms with Crippen molar-refractivity contribution in [3.8, 4) is 0 Å². The van der Waals surface area contributed by atoms with Gasteiger partial charge in [-0.2, -0.15) is 0 Å². The van der Waals surface area contributed by atoms with Crippen molar-refractivity contribution in [1.82, 2.24) is 0 Å². The standard InChI is InChI=1S/C32H42O12/c1-16-13-22(42-17(2)34)25(36)28(41-16)43-18-7-10-30(15-33)24-20(8-11-31(30,39)14-18)32(40)12-9-19(21-5-4-6-23(35)44-21)29(32,3)27(38)26(24)37/h4-6,15-16,18-20,22,24-26,28,36-37,39-40H,7-14H2,1-3H3/t16-,18?,19?,20?,22-,24?,25+,26+,28+,29?,30?,31?,32?/m1/s1. The lowest BCUT2D eigenvalue weighted by atomic mass is 9.40. The predicted molar refractivity (Wildman–Crippen MR) is 150 cm³/mol. The second kappa shape index (κ2) is 10.8. The van der Waals surface area contributed by atoms with Crippen LogP contribution in [-0.4, -0.2) is 86.5 Å². The molecule has 5 fully saturated rings. The lowest BCUT2D eigenvalue weighted by Crippen LogP contribution is -2.74. The lowest BCUT2D eigenvalue weighted by molar-refractivity contribution is -0.301. The molecule has 8 unspecified atom stereocenters. The number of aldehydes is 1. The molecule has 12 nitrogen and oxygen atoms in total. The van der Waals surface area contributed by atoms with E-state index in [4.69, 9.17) is 18.6 Å². The summed E-state index contributed by atoms with van der Waals surface area (Å²) in [6.07, 6.45) is -3.77. The van der Waals surface area contributed by atoms with Crippen LogP contribution in [0.1, 0.15) is 83.8 Å². The average molecular weight is 619 g/mol. The molecule has 13 atom stereocenters. The summed E-state index contributed by atoms with van der Waals surface area (Å²) in [6, 6.07) is 4.40. The maximum absolute atomic E-state index is 14.2. The molecule has 0 radical (unpaired) electrons. The van der Waals surface area contributed by atoms with Crippen molar-refractivity contribution in [2.75, 3.05) is 0 Å². The van der Waals surface area contributed by atoms with Gasteiger partial charge in [0, 0.05) is 37.7 Å². The fourth-order valence-corrected chi connectivity index (χ4v) is 9.75. The first kappa shape index (κ1) is 31.5. The number of hydrogen-bond acceptors (Lipinski definition) is 12. The molecule has 4 saturated carbocycles. The fraction of sp³-hybridized carbons (Fsp3) is 0.750. The summed E-state index contributed by atoms with van der Waals surface area (Å²) >= 11 is 0. The third-order valence-electron chi connectivity index (χ3n) is 11.9. The maximum Gasteiger partial charge on any atom is 0.335 e. The highest BCUT2D eigenvalue weighted by Crippen LogP contribution is 2.70. The summed E-state index contributed by atoms with van der Waals surface area (Å²) in [5, 5.41) is 47.1. The molecule has 2 heterocycles. The molecule has 0 spiro atoms. The minimum Gasteiger partial charge on any atom is -0.459 e. The van der Waals surface area contributed by atoms with E-state index in [1.165, 1.54) is 19.1 Å². The molecular weight excluding hydrogens is 576 g/mol. The number of Topliss-reactive ketones (excluding diaryl/α,β-unsaturated/α-hetero) is 1. The van der Waals surface area contributed by atoms with Crippen LogP contribution in [0.3, 0.4) is 0 Å². The molecule has 1 saturated heterocycles. The van der Waals surface area contributed by atoms with Gasteiger partial charge in [-0.05, 0) is 64.4 Å². The summed E-state index contributed by atoms with van der Waals surface area (Å²) in [6.45, 7) is 4.63. The van der Waals surface area contributed by atoms with E-state index in [1.807, 2.05) is 0 Å². The topological polar surface area (TPSA) is 190 Å². The molecule has 0 bridgehead atoms. The van der Waals surface area contributed by atoms with Gasteiger partial charge in [0.2, 0.25) is 0 Å². The van der Waals surface area contributed by atoms with Gasteiger partial charge in [-0.1, -0.05) is 6.07 Å². The van der Waals surface area contributed by atoms with E-state index in [-0.39, 0.29) is 56.8 Å². The molecule has 0 amide bonds. The van der Waals surface area contributed by atoms with Crippen molar-refractivity contribution < 1.29 is 53.4 Å². The number of esters is 1. The van der Waals surface area contributed by atoms with E-state index in [0.717, 1.165) is 0 Å². The van der Waals surface area contributed by atoms with Gasteiger partial charge < -0.3 is 43.8 Å². The van der Waals surface area contributed by atoms with Crippen molar-refractivity contribution in [3.05, 3.63) is 34.4 Å². The average Bonchev–Trinajstić information content (AvgIpc) is 3.25. The Bertz CT molecular complexity index is 1380. The smallest absolute Gasteiger partial charge is 0.335 e. The number of carbonyl (C=O) groups excluding carboxylic acids is 3. The van der Waals surface area contributed by atoms with Crippen LogP contribution in [0, 0.1) is 22.7 Å². The van der Waals surface area contributed by atoms with Crippen LogP contribution in [0.2, 0.25) is 0 Å². The first-order chi connectivity index (χ1) is 20.7. The number of rotatable bonds is 5. The molecule has 1 aromatic rings. The summed E-state index contributed by atoms with van der Waals surface area (Å²) < 4.78 is 22.6. The Labute approximate surface area is 254 Å². The zero-order chi connectivity index (χ0) is 31.8. The van der Waals surface area contributed by atoms with Crippen LogP contribution in [0.4, 0.5) is 0 Å². The molecule has 6 rings (SSSR count). The third kappa shape index (κ3) is 4.39. The number of ether oxygens (including phenoxy) is 3. The molecule has 12 heteroatoms. The summed E-state index contributed by atoms with van der Waals surface area (Å²) in [4.78, 5) is 50.8. The summed E-state index contributed by atoms with van der Waals surface area (Å²) in [5.41, 5.74) is -6.88. The number of fused-ring (bicyclic) bond motifs is 5. The molecule has 4 N–H and O–H groups in total. The largest absolute Gasteiger partial charge is 0.459 e. The molecular formula is C32H42O12. The number of ketones is 1. The lowest BCUT2D eigenvalue weighted by Gasteiger charge is -2.65. The number of carbonyl (C=O) groups is 3.